The second-order valence-corrected chi connectivity index (χ2v) is 4.63. The van der Waals surface area contributed by atoms with Crippen molar-refractivity contribution < 1.29 is 14.6 Å². The molecule has 0 aliphatic carbocycles. The summed E-state index contributed by atoms with van der Waals surface area (Å²) in [6.07, 6.45) is 0.0122. The number of hydrogen-bond donors (Lipinski definition) is 2. The number of para-hydroxylation sites is 3. The van der Waals surface area contributed by atoms with E-state index in [1.54, 1.807) is 30.3 Å². The fourth-order valence-electron chi connectivity index (χ4n) is 1.78. The summed E-state index contributed by atoms with van der Waals surface area (Å²) in [5, 5.41) is 12.4. The third kappa shape index (κ3) is 3.29. The lowest BCUT2D eigenvalue weighted by Gasteiger charge is -2.15. The average Bonchev–Trinajstić information content (AvgIpc) is 2.41. The van der Waals surface area contributed by atoms with Crippen molar-refractivity contribution in [1.29, 1.82) is 0 Å². The zero-order valence-corrected chi connectivity index (χ0v) is 11.5. The molecule has 0 spiro atoms. The Morgan fingerprint density at radius 3 is 2.45 bits per heavy atom. The fraction of sp³-hybridized carbons (Fsp3) is 0.188. The lowest BCUT2D eigenvalue weighted by atomic mass is 10.2. The van der Waals surface area contributed by atoms with Crippen molar-refractivity contribution in [3.05, 3.63) is 54.1 Å². The number of benzene rings is 2. The van der Waals surface area contributed by atoms with E-state index in [2.05, 4.69) is 5.32 Å². The third-order valence-corrected chi connectivity index (χ3v) is 2.65. The summed E-state index contributed by atoms with van der Waals surface area (Å²) in [5.41, 5.74) is 0.807. The van der Waals surface area contributed by atoms with Crippen LogP contribution in [0.5, 0.6) is 11.5 Å². The van der Waals surface area contributed by atoms with E-state index in [1.165, 1.54) is 6.07 Å². The van der Waals surface area contributed by atoms with Gasteiger partial charge in [0.2, 0.25) is 0 Å². The van der Waals surface area contributed by atoms with Crippen molar-refractivity contribution in [3.63, 3.8) is 0 Å². The number of rotatable bonds is 4. The van der Waals surface area contributed by atoms with Gasteiger partial charge in [0.15, 0.2) is 0 Å². The van der Waals surface area contributed by atoms with Gasteiger partial charge in [-0.3, -0.25) is 4.79 Å². The van der Waals surface area contributed by atoms with Crippen LogP contribution in [0.3, 0.4) is 0 Å². The molecule has 2 aromatic rings. The van der Waals surface area contributed by atoms with Crippen molar-refractivity contribution in [2.24, 2.45) is 0 Å². The third-order valence-electron chi connectivity index (χ3n) is 2.65. The summed E-state index contributed by atoms with van der Waals surface area (Å²) in [6.45, 7) is 3.84. The van der Waals surface area contributed by atoms with Gasteiger partial charge in [-0.2, -0.15) is 0 Å². The Morgan fingerprint density at radius 1 is 1.10 bits per heavy atom. The number of carbonyl (C=O) groups excluding carboxylic acids is 1. The van der Waals surface area contributed by atoms with Crippen LogP contribution in [0.4, 0.5) is 5.69 Å². The van der Waals surface area contributed by atoms with Crippen LogP contribution in [0.25, 0.3) is 0 Å². The van der Waals surface area contributed by atoms with E-state index >= 15 is 0 Å². The fourth-order valence-corrected chi connectivity index (χ4v) is 1.78. The molecule has 0 aliphatic rings. The van der Waals surface area contributed by atoms with Gasteiger partial charge in [0, 0.05) is 0 Å². The number of ether oxygens (including phenoxy) is 1. The molecule has 4 nitrogen and oxygen atoms in total. The maximum absolute atomic E-state index is 12.1. The van der Waals surface area contributed by atoms with Crippen molar-refractivity contribution >= 4 is 11.6 Å². The monoisotopic (exact) mass is 271 g/mol. The van der Waals surface area contributed by atoms with Crippen LogP contribution in [0.2, 0.25) is 0 Å². The Bertz CT molecular complexity index is 608. The molecule has 0 unspecified atom stereocenters. The van der Waals surface area contributed by atoms with E-state index in [-0.39, 0.29) is 23.3 Å². The molecular formula is C16H17NO3. The maximum atomic E-state index is 12.1. The predicted molar refractivity (Wildman–Crippen MR) is 78.3 cm³/mol. The van der Waals surface area contributed by atoms with Crippen LogP contribution >= 0.6 is 0 Å². The molecule has 20 heavy (non-hydrogen) atoms. The first-order valence-corrected chi connectivity index (χ1v) is 6.43. The van der Waals surface area contributed by atoms with Crippen molar-refractivity contribution in [2.45, 2.75) is 20.0 Å². The van der Waals surface area contributed by atoms with E-state index in [9.17, 15) is 9.90 Å². The molecule has 0 fully saturated rings. The molecule has 104 valence electrons. The summed E-state index contributed by atoms with van der Waals surface area (Å²) >= 11 is 0. The SMILES string of the molecule is CC(C)Oc1ccccc1NC(=O)c1ccccc1O. The van der Waals surface area contributed by atoms with Crippen LogP contribution in [0.1, 0.15) is 24.2 Å². The Balaban J connectivity index is 2.22. The molecule has 0 saturated heterocycles. The Kier molecular flexibility index (Phi) is 4.25. The van der Waals surface area contributed by atoms with E-state index in [0.29, 0.717) is 11.4 Å². The lowest BCUT2D eigenvalue weighted by molar-refractivity contribution is 0.102. The second kappa shape index (κ2) is 6.10. The molecule has 0 aromatic heterocycles. The first-order valence-electron chi connectivity index (χ1n) is 6.43. The molecule has 0 saturated carbocycles. The molecular weight excluding hydrogens is 254 g/mol. The van der Waals surface area contributed by atoms with Gasteiger partial charge in [-0.05, 0) is 38.1 Å². The summed E-state index contributed by atoms with van der Waals surface area (Å²) in [7, 11) is 0. The van der Waals surface area contributed by atoms with Gasteiger partial charge in [-0.15, -0.1) is 0 Å². The summed E-state index contributed by atoms with van der Waals surface area (Å²) in [6, 6.07) is 13.6. The van der Waals surface area contributed by atoms with Gasteiger partial charge >= 0.3 is 0 Å². The molecule has 0 heterocycles. The van der Waals surface area contributed by atoms with Crippen LogP contribution < -0.4 is 10.1 Å². The molecule has 0 atom stereocenters. The topological polar surface area (TPSA) is 58.6 Å². The zero-order valence-electron chi connectivity index (χ0n) is 11.5. The largest absolute Gasteiger partial charge is 0.507 e. The minimum absolute atomic E-state index is 0.0122. The van der Waals surface area contributed by atoms with Crippen molar-refractivity contribution in [2.75, 3.05) is 5.32 Å². The molecule has 4 heteroatoms. The van der Waals surface area contributed by atoms with Gasteiger partial charge in [0.05, 0.1) is 17.4 Å². The van der Waals surface area contributed by atoms with Gasteiger partial charge < -0.3 is 15.2 Å². The Hall–Kier alpha value is -2.49. The van der Waals surface area contributed by atoms with Crippen LogP contribution in [0, 0.1) is 0 Å². The predicted octanol–water partition coefficient (Wildman–Crippen LogP) is 3.43. The molecule has 2 N–H and O–H groups in total. The van der Waals surface area contributed by atoms with Gasteiger partial charge in [0.25, 0.3) is 5.91 Å². The Morgan fingerprint density at radius 2 is 1.75 bits per heavy atom. The number of nitrogens with one attached hydrogen (secondary N) is 1. The molecule has 0 radical (unpaired) electrons. The van der Waals surface area contributed by atoms with E-state index in [0.717, 1.165) is 0 Å². The minimum atomic E-state index is -0.372. The molecule has 0 aliphatic heterocycles. The Labute approximate surface area is 118 Å². The standard InChI is InChI=1S/C16H17NO3/c1-11(2)20-15-10-6-4-8-13(15)17-16(19)12-7-3-5-9-14(12)18/h3-11,18H,1-2H3,(H,17,19). The number of aromatic hydroxyl groups is 1. The van der Waals surface area contributed by atoms with Gasteiger partial charge in [-0.25, -0.2) is 0 Å². The number of anilines is 1. The number of phenolic OH excluding ortho intramolecular Hbond substituents is 1. The van der Waals surface area contributed by atoms with Crippen molar-refractivity contribution in [1.82, 2.24) is 0 Å². The van der Waals surface area contributed by atoms with Crippen LogP contribution in [-0.2, 0) is 0 Å². The van der Waals surface area contributed by atoms with E-state index < -0.39 is 0 Å². The second-order valence-electron chi connectivity index (χ2n) is 4.63. The number of hydrogen-bond acceptors (Lipinski definition) is 3. The number of carbonyl (C=O) groups is 1. The quantitative estimate of drug-likeness (QED) is 0.895. The van der Waals surface area contributed by atoms with E-state index in [1.807, 2.05) is 26.0 Å². The lowest BCUT2D eigenvalue weighted by Crippen LogP contribution is -2.14. The van der Waals surface area contributed by atoms with Gasteiger partial charge in [-0.1, -0.05) is 24.3 Å². The smallest absolute Gasteiger partial charge is 0.259 e. The number of amides is 1. The van der Waals surface area contributed by atoms with Crippen LogP contribution in [0.15, 0.2) is 48.5 Å². The summed E-state index contributed by atoms with van der Waals surface area (Å²) in [5.74, 6) is 0.182. The highest BCUT2D eigenvalue weighted by atomic mass is 16.5. The highest BCUT2D eigenvalue weighted by molar-refractivity contribution is 6.06. The van der Waals surface area contributed by atoms with E-state index in [4.69, 9.17) is 4.74 Å². The zero-order chi connectivity index (χ0) is 14.5. The highest BCUT2D eigenvalue weighted by Gasteiger charge is 2.13. The highest BCUT2D eigenvalue weighted by Crippen LogP contribution is 2.26. The van der Waals surface area contributed by atoms with Gasteiger partial charge in [0.1, 0.15) is 11.5 Å². The van der Waals surface area contributed by atoms with Crippen LogP contribution in [-0.4, -0.2) is 17.1 Å². The normalized spacial score (nSPS) is 10.3. The molecule has 1 amide bonds. The first kappa shape index (κ1) is 13.9. The summed E-state index contributed by atoms with van der Waals surface area (Å²) < 4.78 is 5.64. The summed E-state index contributed by atoms with van der Waals surface area (Å²) in [4.78, 5) is 12.1. The first-order chi connectivity index (χ1) is 9.58. The maximum Gasteiger partial charge on any atom is 0.259 e. The minimum Gasteiger partial charge on any atom is -0.507 e. The number of phenols is 1. The molecule has 2 aromatic carbocycles. The molecule has 0 bridgehead atoms. The molecule has 2 rings (SSSR count). The average molecular weight is 271 g/mol. The van der Waals surface area contributed by atoms with Crippen molar-refractivity contribution in [3.8, 4) is 11.5 Å².